The van der Waals surface area contributed by atoms with Crippen LogP contribution < -0.4 is 10.1 Å². The zero-order chi connectivity index (χ0) is 19.5. The van der Waals surface area contributed by atoms with Crippen LogP contribution in [-0.2, 0) is 0 Å². The van der Waals surface area contributed by atoms with Gasteiger partial charge in [-0.05, 0) is 58.4 Å². The number of benzene rings is 3. The van der Waals surface area contributed by atoms with Gasteiger partial charge < -0.3 is 10.1 Å². The number of thiazole rings is 1. The van der Waals surface area contributed by atoms with Crippen molar-refractivity contribution in [3.8, 4) is 16.3 Å². The molecule has 1 aromatic heterocycles. The smallest absolute Gasteiger partial charge is 0.181 e. The summed E-state index contributed by atoms with van der Waals surface area (Å²) in [6, 6.07) is 21.3. The monoisotopic (exact) mass is 452 g/mol. The minimum Gasteiger partial charge on any atom is -0.496 e. The van der Waals surface area contributed by atoms with Crippen molar-refractivity contribution in [1.29, 1.82) is 0 Å². The van der Waals surface area contributed by atoms with Crippen molar-refractivity contribution in [3.05, 3.63) is 76.8 Å². The molecule has 0 bridgehead atoms. The molecule has 0 aliphatic carbocycles. The topological polar surface area (TPSA) is 51.2 Å². The molecular formula is C22H17BrN2O2S. The first-order chi connectivity index (χ1) is 13.7. The summed E-state index contributed by atoms with van der Waals surface area (Å²) < 4.78 is 7.12. The summed E-state index contributed by atoms with van der Waals surface area (Å²) in [5, 5.41) is 4.21. The fraction of sp³-hybridized carbons (Fsp3) is 0.0909. The molecule has 4 rings (SSSR count). The van der Waals surface area contributed by atoms with Crippen LogP contribution in [-0.4, -0.2) is 24.4 Å². The number of fused-ring (bicyclic) bond motifs is 1. The number of ether oxygens (including phenoxy) is 1. The van der Waals surface area contributed by atoms with Crippen molar-refractivity contribution in [1.82, 2.24) is 4.98 Å². The fourth-order valence-corrected chi connectivity index (χ4v) is 4.47. The van der Waals surface area contributed by atoms with Crippen molar-refractivity contribution in [2.45, 2.75) is 0 Å². The Balaban J connectivity index is 1.56. The molecule has 6 heteroatoms. The second-order valence-electron chi connectivity index (χ2n) is 6.16. The summed E-state index contributed by atoms with van der Waals surface area (Å²) >= 11 is 5.07. The zero-order valence-electron chi connectivity index (χ0n) is 15.1. The van der Waals surface area contributed by atoms with Crippen LogP contribution in [0.2, 0.25) is 0 Å². The van der Waals surface area contributed by atoms with E-state index in [1.807, 2.05) is 42.5 Å². The van der Waals surface area contributed by atoms with Crippen molar-refractivity contribution in [2.24, 2.45) is 0 Å². The molecule has 140 valence electrons. The van der Waals surface area contributed by atoms with Gasteiger partial charge in [0, 0.05) is 16.8 Å². The minimum atomic E-state index is 0.00227. The number of aromatic nitrogens is 1. The molecule has 0 amide bonds. The van der Waals surface area contributed by atoms with E-state index < -0.39 is 0 Å². The van der Waals surface area contributed by atoms with Gasteiger partial charge >= 0.3 is 0 Å². The number of anilines is 1. The van der Waals surface area contributed by atoms with Gasteiger partial charge in [-0.25, -0.2) is 4.98 Å². The maximum absolute atomic E-state index is 12.6. The maximum atomic E-state index is 12.6. The highest BCUT2D eigenvalue weighted by atomic mass is 79.9. The first kappa shape index (κ1) is 18.7. The largest absolute Gasteiger partial charge is 0.496 e. The van der Waals surface area contributed by atoms with E-state index in [4.69, 9.17) is 9.72 Å². The Bertz CT molecular complexity index is 1120. The Kier molecular flexibility index (Phi) is 5.41. The van der Waals surface area contributed by atoms with Gasteiger partial charge in [-0.3, -0.25) is 4.79 Å². The molecule has 0 saturated heterocycles. The van der Waals surface area contributed by atoms with Gasteiger partial charge in [0.2, 0.25) is 0 Å². The van der Waals surface area contributed by atoms with E-state index in [1.165, 1.54) is 0 Å². The number of methoxy groups -OCH3 is 1. The van der Waals surface area contributed by atoms with E-state index >= 15 is 0 Å². The SMILES string of the molecule is COc1ccc(C(=O)CNc2ccccc2-c2nc3ccccc3s2)cc1Br. The highest BCUT2D eigenvalue weighted by Crippen LogP contribution is 2.34. The number of hydrogen-bond acceptors (Lipinski definition) is 5. The number of carbonyl (C=O) groups is 1. The van der Waals surface area contributed by atoms with E-state index in [2.05, 4.69) is 27.3 Å². The van der Waals surface area contributed by atoms with Crippen LogP contribution in [0.25, 0.3) is 20.8 Å². The molecule has 0 aliphatic heterocycles. The molecule has 0 fully saturated rings. The van der Waals surface area contributed by atoms with Crippen LogP contribution in [0, 0.1) is 0 Å². The summed E-state index contributed by atoms with van der Waals surface area (Å²) in [6.45, 7) is 0.195. The van der Waals surface area contributed by atoms with E-state index in [0.717, 1.165) is 30.9 Å². The van der Waals surface area contributed by atoms with Gasteiger partial charge in [-0.1, -0.05) is 24.3 Å². The Hall–Kier alpha value is -2.70. The molecule has 0 saturated carbocycles. The average Bonchev–Trinajstić information content (AvgIpc) is 3.16. The zero-order valence-corrected chi connectivity index (χ0v) is 17.5. The molecule has 0 aliphatic rings. The highest BCUT2D eigenvalue weighted by Gasteiger charge is 2.13. The molecule has 1 heterocycles. The molecule has 0 radical (unpaired) electrons. The lowest BCUT2D eigenvalue weighted by molar-refractivity contribution is 0.101. The Morgan fingerprint density at radius 2 is 1.89 bits per heavy atom. The summed E-state index contributed by atoms with van der Waals surface area (Å²) in [4.78, 5) is 17.4. The maximum Gasteiger partial charge on any atom is 0.181 e. The van der Waals surface area contributed by atoms with Gasteiger partial charge in [-0.2, -0.15) is 0 Å². The molecule has 3 aromatic carbocycles. The molecule has 0 spiro atoms. The average molecular weight is 453 g/mol. The van der Waals surface area contributed by atoms with Crippen molar-refractivity contribution in [2.75, 3.05) is 19.0 Å². The number of nitrogens with zero attached hydrogens (tertiary/aromatic N) is 1. The number of rotatable bonds is 6. The van der Waals surface area contributed by atoms with Crippen LogP contribution >= 0.6 is 27.3 Å². The standard InChI is InChI=1S/C22H17BrN2O2S/c1-27-20-11-10-14(12-16(20)23)19(26)13-24-17-7-3-2-6-15(17)22-25-18-8-4-5-9-21(18)28-22/h2-12,24H,13H2,1H3. The van der Waals surface area contributed by atoms with Crippen LogP contribution in [0.1, 0.15) is 10.4 Å². The van der Waals surface area contributed by atoms with E-state index in [0.29, 0.717) is 11.3 Å². The number of para-hydroxylation sites is 2. The van der Waals surface area contributed by atoms with E-state index in [1.54, 1.807) is 36.6 Å². The summed E-state index contributed by atoms with van der Waals surface area (Å²) in [6.07, 6.45) is 0. The number of ketones is 1. The van der Waals surface area contributed by atoms with Crippen LogP contribution in [0.5, 0.6) is 5.75 Å². The number of hydrogen-bond donors (Lipinski definition) is 1. The van der Waals surface area contributed by atoms with Gasteiger partial charge in [0.05, 0.1) is 28.3 Å². The third kappa shape index (κ3) is 3.79. The predicted molar refractivity (Wildman–Crippen MR) is 119 cm³/mol. The number of halogens is 1. The first-order valence-electron chi connectivity index (χ1n) is 8.71. The van der Waals surface area contributed by atoms with E-state index in [9.17, 15) is 4.79 Å². The summed E-state index contributed by atoms with van der Waals surface area (Å²) in [7, 11) is 1.60. The molecule has 28 heavy (non-hydrogen) atoms. The molecule has 4 aromatic rings. The fourth-order valence-electron chi connectivity index (χ4n) is 2.93. The first-order valence-corrected chi connectivity index (χ1v) is 10.3. The molecule has 0 unspecified atom stereocenters. The number of Topliss-reactive ketones (excluding diaryl/α,β-unsaturated/α-hetero) is 1. The lowest BCUT2D eigenvalue weighted by Crippen LogP contribution is -2.14. The van der Waals surface area contributed by atoms with Crippen LogP contribution in [0.15, 0.2) is 71.2 Å². The van der Waals surface area contributed by atoms with Crippen molar-refractivity contribution < 1.29 is 9.53 Å². The van der Waals surface area contributed by atoms with Crippen molar-refractivity contribution >= 4 is 49.0 Å². The Labute approximate surface area is 175 Å². The Morgan fingerprint density at radius 1 is 1.11 bits per heavy atom. The van der Waals surface area contributed by atoms with Gasteiger partial charge in [0.25, 0.3) is 0 Å². The van der Waals surface area contributed by atoms with Gasteiger partial charge in [0.1, 0.15) is 10.8 Å². The van der Waals surface area contributed by atoms with Gasteiger partial charge in [-0.15, -0.1) is 11.3 Å². The van der Waals surface area contributed by atoms with Crippen molar-refractivity contribution in [3.63, 3.8) is 0 Å². The van der Waals surface area contributed by atoms with E-state index in [-0.39, 0.29) is 12.3 Å². The number of nitrogens with one attached hydrogen (secondary N) is 1. The van der Waals surface area contributed by atoms with Crippen LogP contribution in [0.3, 0.4) is 0 Å². The van der Waals surface area contributed by atoms with Crippen LogP contribution in [0.4, 0.5) is 5.69 Å². The second kappa shape index (κ2) is 8.12. The summed E-state index contributed by atoms with van der Waals surface area (Å²) in [5.41, 5.74) is 3.49. The second-order valence-corrected chi connectivity index (χ2v) is 8.04. The lowest BCUT2D eigenvalue weighted by Gasteiger charge is -2.10. The lowest BCUT2D eigenvalue weighted by atomic mass is 10.1. The van der Waals surface area contributed by atoms with Gasteiger partial charge in [0.15, 0.2) is 5.78 Å². The Morgan fingerprint density at radius 3 is 2.68 bits per heavy atom. The quantitative estimate of drug-likeness (QED) is 0.362. The molecular weight excluding hydrogens is 436 g/mol. The summed E-state index contributed by atoms with van der Waals surface area (Å²) in [5.74, 6) is 0.702. The third-order valence-corrected chi connectivity index (χ3v) is 6.05. The minimum absolute atomic E-state index is 0.00227. The molecule has 1 N–H and O–H groups in total. The molecule has 4 nitrogen and oxygen atoms in total. The number of carbonyl (C=O) groups excluding carboxylic acids is 1. The molecule has 0 atom stereocenters. The predicted octanol–water partition coefficient (Wildman–Crippen LogP) is 6.03. The highest BCUT2D eigenvalue weighted by molar-refractivity contribution is 9.10. The normalized spacial score (nSPS) is 10.8. The third-order valence-electron chi connectivity index (χ3n) is 4.36.